The van der Waals surface area contributed by atoms with Crippen LogP contribution in [0, 0.1) is 13.8 Å². The first-order valence-corrected chi connectivity index (χ1v) is 10.6. The number of anilines is 1. The molecule has 0 aliphatic rings. The third kappa shape index (κ3) is 6.42. The Balaban J connectivity index is 2.06. The molecule has 0 spiro atoms. The summed E-state index contributed by atoms with van der Waals surface area (Å²) in [5, 5.41) is 3.85. The normalized spacial score (nSPS) is 11.3. The number of nitrogens with zero attached hydrogens (tertiary/aromatic N) is 2. The summed E-state index contributed by atoms with van der Waals surface area (Å²) in [5.74, 6) is -0.599. The van der Waals surface area contributed by atoms with E-state index >= 15 is 0 Å². The molecule has 1 N–H and O–H groups in total. The predicted molar refractivity (Wildman–Crippen MR) is 112 cm³/mol. The molecule has 0 saturated carbocycles. The Kier molecular flexibility index (Phi) is 7.11. The molecule has 8 nitrogen and oxygen atoms in total. The van der Waals surface area contributed by atoms with Gasteiger partial charge >= 0.3 is 5.97 Å². The molecule has 0 aliphatic carbocycles. The minimum Gasteiger partial charge on any atom is -0.427 e. The van der Waals surface area contributed by atoms with Gasteiger partial charge in [-0.2, -0.15) is 5.10 Å². The van der Waals surface area contributed by atoms with Gasteiger partial charge in [-0.15, -0.1) is 0 Å². The fourth-order valence-electron chi connectivity index (χ4n) is 2.52. The zero-order chi connectivity index (χ0) is 21.6. The van der Waals surface area contributed by atoms with Crippen LogP contribution in [-0.4, -0.2) is 39.3 Å². The standard InChI is InChI=1S/C20H23N3O5S/c1-14-6-5-7-19(15(14)2)23(29(4,26)27)13-20(25)22-21-12-17-8-10-18(11-9-17)28-16(3)24/h5-12H,13H2,1-4H3,(H,22,25)/b21-12-. The number of ether oxygens (including phenoxy) is 1. The lowest BCUT2D eigenvalue weighted by molar-refractivity contribution is -0.131. The third-order valence-corrected chi connectivity index (χ3v) is 5.20. The molecule has 0 radical (unpaired) electrons. The average molecular weight is 417 g/mol. The molecule has 2 aromatic rings. The van der Waals surface area contributed by atoms with Crippen molar-refractivity contribution in [3.8, 4) is 5.75 Å². The van der Waals surface area contributed by atoms with E-state index in [1.807, 2.05) is 13.0 Å². The summed E-state index contributed by atoms with van der Waals surface area (Å²) in [7, 11) is -3.67. The molecule has 154 valence electrons. The predicted octanol–water partition coefficient (Wildman–Crippen LogP) is 2.15. The van der Waals surface area contributed by atoms with Crippen molar-refractivity contribution in [2.45, 2.75) is 20.8 Å². The highest BCUT2D eigenvalue weighted by Gasteiger charge is 2.22. The lowest BCUT2D eigenvalue weighted by Gasteiger charge is -2.23. The first-order chi connectivity index (χ1) is 13.6. The Hall–Kier alpha value is -3.20. The Morgan fingerprint density at radius 3 is 2.38 bits per heavy atom. The van der Waals surface area contributed by atoms with Crippen LogP contribution in [0.2, 0.25) is 0 Å². The molecule has 0 saturated heterocycles. The molecule has 2 aromatic carbocycles. The summed E-state index contributed by atoms with van der Waals surface area (Å²) in [6.45, 7) is 4.59. The highest BCUT2D eigenvalue weighted by Crippen LogP contribution is 2.24. The van der Waals surface area contributed by atoms with E-state index in [9.17, 15) is 18.0 Å². The molecular weight excluding hydrogens is 394 g/mol. The summed E-state index contributed by atoms with van der Waals surface area (Å²) in [4.78, 5) is 23.1. The zero-order valence-corrected chi connectivity index (χ0v) is 17.5. The van der Waals surface area contributed by atoms with Crippen LogP contribution < -0.4 is 14.5 Å². The van der Waals surface area contributed by atoms with Gasteiger partial charge in [0.25, 0.3) is 5.91 Å². The Labute approximate surface area is 170 Å². The molecule has 1 amide bonds. The molecule has 0 unspecified atom stereocenters. The molecule has 0 aromatic heterocycles. The molecule has 0 aliphatic heterocycles. The number of hydrogen-bond donors (Lipinski definition) is 1. The smallest absolute Gasteiger partial charge is 0.308 e. The minimum absolute atomic E-state index is 0.397. The minimum atomic E-state index is -3.67. The second-order valence-electron chi connectivity index (χ2n) is 6.44. The first-order valence-electron chi connectivity index (χ1n) is 8.72. The Bertz CT molecular complexity index is 1030. The molecule has 0 heterocycles. The number of carbonyl (C=O) groups is 2. The molecule has 0 fully saturated rings. The van der Waals surface area contributed by atoms with Crippen molar-refractivity contribution in [1.82, 2.24) is 5.43 Å². The van der Waals surface area contributed by atoms with E-state index in [1.54, 1.807) is 43.3 Å². The molecule has 0 bridgehead atoms. The second kappa shape index (κ2) is 9.33. The van der Waals surface area contributed by atoms with Gasteiger partial charge in [0.15, 0.2) is 0 Å². The summed E-state index contributed by atoms with van der Waals surface area (Å²) >= 11 is 0. The van der Waals surface area contributed by atoms with Gasteiger partial charge in [-0.05, 0) is 60.9 Å². The van der Waals surface area contributed by atoms with Crippen LogP contribution in [-0.2, 0) is 19.6 Å². The maximum Gasteiger partial charge on any atom is 0.308 e. The van der Waals surface area contributed by atoms with Crippen molar-refractivity contribution in [1.29, 1.82) is 0 Å². The topological polar surface area (TPSA) is 105 Å². The molecule has 2 rings (SSSR count). The number of hydrogen-bond acceptors (Lipinski definition) is 6. The number of aryl methyl sites for hydroxylation is 1. The van der Waals surface area contributed by atoms with Crippen molar-refractivity contribution in [3.05, 3.63) is 59.2 Å². The average Bonchev–Trinajstić information content (AvgIpc) is 2.62. The van der Waals surface area contributed by atoms with Gasteiger partial charge in [0, 0.05) is 6.92 Å². The number of hydrazone groups is 1. The van der Waals surface area contributed by atoms with Crippen LogP contribution in [0.5, 0.6) is 5.75 Å². The summed E-state index contributed by atoms with van der Waals surface area (Å²) in [6, 6.07) is 11.8. The maximum absolute atomic E-state index is 12.2. The number of benzene rings is 2. The highest BCUT2D eigenvalue weighted by atomic mass is 32.2. The van der Waals surface area contributed by atoms with Crippen LogP contribution in [0.25, 0.3) is 0 Å². The number of rotatable bonds is 7. The number of sulfonamides is 1. The molecule has 9 heteroatoms. The van der Waals surface area contributed by atoms with Gasteiger partial charge in [0.2, 0.25) is 10.0 Å². The van der Waals surface area contributed by atoms with E-state index in [4.69, 9.17) is 4.74 Å². The second-order valence-corrected chi connectivity index (χ2v) is 8.35. The number of carbonyl (C=O) groups excluding carboxylic acids is 2. The van der Waals surface area contributed by atoms with Gasteiger partial charge in [-0.1, -0.05) is 12.1 Å². The quantitative estimate of drug-likeness (QED) is 0.322. The van der Waals surface area contributed by atoms with Crippen LogP contribution in [0.15, 0.2) is 47.6 Å². The van der Waals surface area contributed by atoms with Crippen molar-refractivity contribution in [2.75, 3.05) is 17.1 Å². The Morgan fingerprint density at radius 2 is 1.79 bits per heavy atom. The number of esters is 1. The first kappa shape index (κ1) is 22.1. The molecule has 29 heavy (non-hydrogen) atoms. The van der Waals surface area contributed by atoms with E-state index in [0.29, 0.717) is 17.0 Å². The van der Waals surface area contributed by atoms with E-state index in [-0.39, 0.29) is 0 Å². The summed E-state index contributed by atoms with van der Waals surface area (Å²) < 4.78 is 30.4. The van der Waals surface area contributed by atoms with Crippen molar-refractivity contribution in [3.63, 3.8) is 0 Å². The summed E-state index contributed by atoms with van der Waals surface area (Å²) in [5.41, 5.74) is 5.14. The van der Waals surface area contributed by atoms with Crippen molar-refractivity contribution in [2.24, 2.45) is 5.10 Å². The van der Waals surface area contributed by atoms with Crippen molar-refractivity contribution < 1.29 is 22.7 Å². The van der Waals surface area contributed by atoms with E-state index in [1.165, 1.54) is 13.1 Å². The van der Waals surface area contributed by atoms with Crippen molar-refractivity contribution >= 4 is 33.8 Å². The highest BCUT2D eigenvalue weighted by molar-refractivity contribution is 7.92. The van der Waals surface area contributed by atoms with E-state index in [2.05, 4.69) is 10.5 Å². The van der Waals surface area contributed by atoms with Crippen LogP contribution in [0.4, 0.5) is 5.69 Å². The fourth-order valence-corrected chi connectivity index (χ4v) is 3.43. The van der Waals surface area contributed by atoms with Crippen LogP contribution in [0.3, 0.4) is 0 Å². The fraction of sp³-hybridized carbons (Fsp3) is 0.250. The van der Waals surface area contributed by atoms with Gasteiger partial charge in [0.1, 0.15) is 12.3 Å². The monoisotopic (exact) mass is 417 g/mol. The van der Waals surface area contributed by atoms with Gasteiger partial charge in [-0.3, -0.25) is 13.9 Å². The van der Waals surface area contributed by atoms with E-state index < -0.39 is 28.4 Å². The number of amides is 1. The Morgan fingerprint density at radius 1 is 1.14 bits per heavy atom. The number of nitrogens with one attached hydrogen (secondary N) is 1. The van der Waals surface area contributed by atoms with Gasteiger partial charge in [-0.25, -0.2) is 13.8 Å². The van der Waals surface area contributed by atoms with Gasteiger partial charge < -0.3 is 4.74 Å². The molecule has 0 atom stereocenters. The lowest BCUT2D eigenvalue weighted by Crippen LogP contribution is -2.39. The SMILES string of the molecule is CC(=O)Oc1ccc(/C=N\NC(=O)CN(c2cccc(C)c2C)S(C)(=O)=O)cc1. The zero-order valence-electron chi connectivity index (χ0n) is 16.7. The third-order valence-electron chi connectivity index (χ3n) is 4.08. The van der Waals surface area contributed by atoms with E-state index in [0.717, 1.165) is 21.7 Å². The lowest BCUT2D eigenvalue weighted by atomic mass is 10.1. The largest absolute Gasteiger partial charge is 0.427 e. The van der Waals surface area contributed by atoms with Gasteiger partial charge in [0.05, 0.1) is 18.2 Å². The maximum atomic E-state index is 12.2. The van der Waals surface area contributed by atoms with Crippen LogP contribution in [0.1, 0.15) is 23.6 Å². The summed E-state index contributed by atoms with van der Waals surface area (Å²) in [6.07, 6.45) is 2.45. The van der Waals surface area contributed by atoms with Crippen LogP contribution >= 0.6 is 0 Å². The molecular formula is C20H23N3O5S.